The normalized spacial score (nSPS) is 18.3. The lowest BCUT2D eigenvalue weighted by molar-refractivity contribution is -0.0832. The van der Waals surface area contributed by atoms with E-state index < -0.39 is 11.7 Å². The Hall–Kier alpha value is -2.77. The van der Waals surface area contributed by atoms with Gasteiger partial charge in [-0.15, -0.1) is 0 Å². The molecule has 0 aliphatic carbocycles. The van der Waals surface area contributed by atoms with Gasteiger partial charge in [0.25, 0.3) is 0 Å². The molecule has 0 fully saturated rings. The molecule has 2 N–H and O–H groups in total. The zero-order valence-corrected chi connectivity index (χ0v) is 15.2. The Balaban J connectivity index is 2.00. The Morgan fingerprint density at radius 3 is 2.78 bits per heavy atom. The average molecular weight is 372 g/mol. The fraction of sp³-hybridized carbons (Fsp3) is 0.350. The van der Waals surface area contributed by atoms with Crippen molar-refractivity contribution in [3.05, 3.63) is 40.1 Å². The van der Waals surface area contributed by atoms with Gasteiger partial charge in [0.2, 0.25) is 5.43 Å². The maximum atomic E-state index is 13.0. The molecule has 7 nitrogen and oxygen atoms in total. The van der Waals surface area contributed by atoms with Crippen LogP contribution in [0, 0.1) is 0 Å². The van der Waals surface area contributed by atoms with E-state index in [-0.39, 0.29) is 34.1 Å². The molecule has 0 saturated heterocycles. The molecule has 2 atom stereocenters. The Morgan fingerprint density at radius 1 is 1.30 bits per heavy atom. The van der Waals surface area contributed by atoms with Gasteiger partial charge >= 0.3 is 0 Å². The van der Waals surface area contributed by atoms with E-state index in [0.29, 0.717) is 29.1 Å². The van der Waals surface area contributed by atoms with Gasteiger partial charge in [-0.25, -0.2) is 0 Å². The summed E-state index contributed by atoms with van der Waals surface area (Å²) in [5, 5.41) is 21.3. The first-order chi connectivity index (χ1) is 12.9. The summed E-state index contributed by atoms with van der Waals surface area (Å²) in [5.41, 5.74) is -0.480. The number of benzene rings is 2. The van der Waals surface area contributed by atoms with Crippen LogP contribution in [-0.4, -0.2) is 42.7 Å². The Labute approximate surface area is 154 Å². The smallest absolute Gasteiger partial charge is 0.204 e. The van der Waals surface area contributed by atoms with Crippen LogP contribution in [0.4, 0.5) is 0 Å². The first kappa shape index (κ1) is 17.6. The van der Waals surface area contributed by atoms with Crippen LogP contribution in [0.25, 0.3) is 21.9 Å². The van der Waals surface area contributed by atoms with E-state index in [1.807, 2.05) is 0 Å². The van der Waals surface area contributed by atoms with Crippen molar-refractivity contribution in [2.75, 3.05) is 20.8 Å². The van der Waals surface area contributed by atoms with Gasteiger partial charge in [0.1, 0.15) is 34.2 Å². The lowest BCUT2D eigenvalue weighted by Crippen LogP contribution is -2.46. The molecule has 1 aliphatic rings. The Bertz CT molecular complexity index is 1100. The van der Waals surface area contributed by atoms with E-state index in [1.165, 1.54) is 20.3 Å². The highest BCUT2D eigenvalue weighted by molar-refractivity contribution is 5.97. The molecule has 27 heavy (non-hydrogen) atoms. The van der Waals surface area contributed by atoms with Gasteiger partial charge in [0.15, 0.2) is 11.3 Å². The third kappa shape index (κ3) is 2.62. The lowest BCUT2D eigenvalue weighted by Gasteiger charge is -2.28. The molecule has 1 aromatic heterocycles. The quantitative estimate of drug-likeness (QED) is 0.679. The minimum Gasteiger partial charge on any atom is -0.504 e. The number of aromatic hydroxyl groups is 1. The van der Waals surface area contributed by atoms with Gasteiger partial charge in [-0.05, 0) is 19.1 Å². The van der Waals surface area contributed by atoms with Gasteiger partial charge in [0.05, 0.1) is 19.1 Å². The van der Waals surface area contributed by atoms with E-state index >= 15 is 0 Å². The summed E-state index contributed by atoms with van der Waals surface area (Å²) in [6, 6.07) is 6.27. The van der Waals surface area contributed by atoms with E-state index in [9.17, 15) is 15.0 Å². The largest absolute Gasteiger partial charge is 0.504 e. The van der Waals surface area contributed by atoms with Crippen molar-refractivity contribution < 1.29 is 28.8 Å². The van der Waals surface area contributed by atoms with Crippen LogP contribution in [0.3, 0.4) is 0 Å². The number of hydrogen-bond acceptors (Lipinski definition) is 7. The number of para-hydroxylation sites is 1. The number of hydrogen-bond donors (Lipinski definition) is 2. The monoisotopic (exact) mass is 372 g/mol. The summed E-state index contributed by atoms with van der Waals surface area (Å²) in [6.45, 7) is 1.72. The SMILES string of the molecule is COC[C@](C)(O)[C@H]1Cc2c(cc(OC)c3c(=O)c4cccc(O)c4oc23)O1. The fourth-order valence-corrected chi connectivity index (χ4v) is 3.60. The second-order valence-corrected chi connectivity index (χ2v) is 6.95. The van der Waals surface area contributed by atoms with Crippen molar-refractivity contribution >= 4 is 21.9 Å². The molecule has 2 aromatic carbocycles. The third-order valence-electron chi connectivity index (χ3n) is 4.99. The summed E-state index contributed by atoms with van der Waals surface area (Å²) in [6.07, 6.45) is -0.248. The third-order valence-corrected chi connectivity index (χ3v) is 4.99. The van der Waals surface area contributed by atoms with Gasteiger partial charge < -0.3 is 28.8 Å². The van der Waals surface area contributed by atoms with E-state index in [1.54, 1.807) is 25.1 Å². The van der Waals surface area contributed by atoms with Crippen molar-refractivity contribution in [2.24, 2.45) is 0 Å². The lowest BCUT2D eigenvalue weighted by atomic mass is 9.95. The minimum absolute atomic E-state index is 0.0917. The fourth-order valence-electron chi connectivity index (χ4n) is 3.60. The average Bonchev–Trinajstić information content (AvgIpc) is 3.07. The van der Waals surface area contributed by atoms with E-state index in [0.717, 1.165) is 0 Å². The van der Waals surface area contributed by atoms with E-state index in [4.69, 9.17) is 18.6 Å². The first-order valence-electron chi connectivity index (χ1n) is 8.53. The molecular formula is C20H20O7. The topological polar surface area (TPSA) is 98.4 Å². The summed E-state index contributed by atoms with van der Waals surface area (Å²) < 4.78 is 22.3. The van der Waals surface area contributed by atoms with Crippen LogP contribution in [-0.2, 0) is 11.2 Å². The molecule has 142 valence electrons. The minimum atomic E-state index is -1.23. The molecule has 0 unspecified atom stereocenters. The molecule has 0 radical (unpaired) electrons. The first-order valence-corrected chi connectivity index (χ1v) is 8.53. The maximum absolute atomic E-state index is 13.0. The van der Waals surface area contributed by atoms with Crippen LogP contribution in [0.15, 0.2) is 33.5 Å². The van der Waals surface area contributed by atoms with Crippen molar-refractivity contribution in [3.63, 3.8) is 0 Å². The molecule has 7 heteroatoms. The highest BCUT2D eigenvalue weighted by Crippen LogP contribution is 2.43. The molecule has 3 aromatic rings. The van der Waals surface area contributed by atoms with Crippen molar-refractivity contribution in [1.82, 2.24) is 0 Å². The summed E-state index contributed by atoms with van der Waals surface area (Å²) >= 11 is 0. The summed E-state index contributed by atoms with van der Waals surface area (Å²) in [5.74, 6) is 0.665. The maximum Gasteiger partial charge on any atom is 0.204 e. The molecule has 1 aliphatic heterocycles. The van der Waals surface area contributed by atoms with Crippen LogP contribution in [0.1, 0.15) is 12.5 Å². The zero-order valence-electron chi connectivity index (χ0n) is 15.2. The highest BCUT2D eigenvalue weighted by Gasteiger charge is 2.40. The molecule has 0 bridgehead atoms. The van der Waals surface area contributed by atoms with Crippen LogP contribution in [0.5, 0.6) is 17.2 Å². The van der Waals surface area contributed by atoms with Gasteiger partial charge in [-0.3, -0.25) is 4.79 Å². The molecule has 2 heterocycles. The van der Waals surface area contributed by atoms with Crippen molar-refractivity contribution in [2.45, 2.75) is 25.0 Å². The number of methoxy groups -OCH3 is 2. The van der Waals surface area contributed by atoms with Crippen LogP contribution in [0.2, 0.25) is 0 Å². The molecule has 0 amide bonds. The predicted molar refractivity (Wildman–Crippen MR) is 98.8 cm³/mol. The standard InChI is InChI=1S/C20H20O7/c1-20(23,9-24-2)15-7-11-13(26-15)8-14(25-3)16-17(22)10-5-4-6-12(21)18(10)27-19(11)16/h4-6,8,15,21,23H,7,9H2,1-3H3/t15-,20+/m1/s1. The predicted octanol–water partition coefficient (Wildman–Crippen LogP) is 2.36. The van der Waals surface area contributed by atoms with Crippen molar-refractivity contribution in [1.29, 1.82) is 0 Å². The van der Waals surface area contributed by atoms with Gasteiger partial charge in [0, 0.05) is 25.2 Å². The highest BCUT2D eigenvalue weighted by atomic mass is 16.5. The zero-order chi connectivity index (χ0) is 19.3. The second-order valence-electron chi connectivity index (χ2n) is 6.95. The number of ether oxygens (including phenoxy) is 3. The van der Waals surface area contributed by atoms with Crippen LogP contribution < -0.4 is 14.9 Å². The Morgan fingerprint density at radius 2 is 2.07 bits per heavy atom. The number of phenols is 1. The summed E-state index contributed by atoms with van der Waals surface area (Å²) in [7, 11) is 2.96. The Kier molecular flexibility index (Phi) is 4.01. The molecule has 0 saturated carbocycles. The number of fused-ring (bicyclic) bond motifs is 4. The molecule has 0 spiro atoms. The second kappa shape index (κ2) is 6.14. The van der Waals surface area contributed by atoms with Gasteiger partial charge in [-0.2, -0.15) is 0 Å². The van der Waals surface area contributed by atoms with Crippen molar-refractivity contribution in [3.8, 4) is 17.2 Å². The molecule has 4 rings (SSSR count). The number of phenolic OH excluding ortho intramolecular Hbond substituents is 1. The number of aliphatic hydroxyl groups is 1. The van der Waals surface area contributed by atoms with Gasteiger partial charge in [-0.1, -0.05) is 6.07 Å². The number of rotatable bonds is 4. The van der Waals surface area contributed by atoms with E-state index in [2.05, 4.69) is 0 Å². The summed E-state index contributed by atoms with van der Waals surface area (Å²) in [4.78, 5) is 13.0. The molecular weight excluding hydrogens is 352 g/mol. The van der Waals surface area contributed by atoms with Crippen LogP contribution >= 0.6 is 0 Å².